The summed E-state index contributed by atoms with van der Waals surface area (Å²) in [6.45, 7) is 4.16. The third kappa shape index (κ3) is 3.04. The van der Waals surface area contributed by atoms with Crippen LogP contribution in [0.15, 0.2) is 24.5 Å². The van der Waals surface area contributed by atoms with Gasteiger partial charge in [0.15, 0.2) is 0 Å². The quantitative estimate of drug-likeness (QED) is 0.845. The molecule has 0 atom stereocenters. The van der Waals surface area contributed by atoms with Gasteiger partial charge in [0, 0.05) is 28.8 Å². The van der Waals surface area contributed by atoms with Crippen LogP contribution < -0.4 is 5.32 Å². The van der Waals surface area contributed by atoms with Crippen LogP contribution in [0.1, 0.15) is 37.0 Å². The lowest BCUT2D eigenvalue weighted by Crippen LogP contribution is -2.49. The topological polar surface area (TPSA) is 42.0 Å². The van der Waals surface area contributed by atoms with E-state index in [1.54, 1.807) is 24.5 Å². The number of pyridine rings is 1. The summed E-state index contributed by atoms with van der Waals surface area (Å²) in [7, 11) is 0. The van der Waals surface area contributed by atoms with E-state index in [2.05, 4.69) is 40.1 Å². The Labute approximate surface area is 105 Å². The molecule has 1 aromatic heterocycles. The van der Waals surface area contributed by atoms with E-state index < -0.39 is 0 Å². The predicted octanol–water partition coefficient (Wildman–Crippen LogP) is 2.77. The Balaban J connectivity index is 2.77. The number of carbonyl (C=O) groups excluding carboxylic acids is 1. The summed E-state index contributed by atoms with van der Waals surface area (Å²) >= 11 is 3.47. The Morgan fingerprint density at radius 1 is 1.38 bits per heavy atom. The van der Waals surface area contributed by atoms with Gasteiger partial charge >= 0.3 is 0 Å². The minimum Gasteiger partial charge on any atom is -0.346 e. The molecule has 0 bridgehead atoms. The Bertz CT molecular complexity index is 328. The van der Waals surface area contributed by atoms with Crippen LogP contribution >= 0.6 is 15.9 Å². The number of nitrogens with zero attached hydrogens (tertiary/aromatic N) is 1. The number of rotatable bonds is 5. The summed E-state index contributed by atoms with van der Waals surface area (Å²) in [4.78, 5) is 15.9. The highest BCUT2D eigenvalue weighted by molar-refractivity contribution is 9.09. The number of aromatic nitrogens is 1. The fourth-order valence-electron chi connectivity index (χ4n) is 1.47. The number of nitrogens with one attached hydrogen (secondary N) is 1. The third-order valence-electron chi connectivity index (χ3n) is 2.93. The van der Waals surface area contributed by atoms with E-state index in [0.29, 0.717) is 5.56 Å². The molecule has 0 spiro atoms. The maximum atomic E-state index is 12.0. The van der Waals surface area contributed by atoms with Crippen molar-refractivity contribution in [3.8, 4) is 0 Å². The lowest BCUT2D eigenvalue weighted by molar-refractivity contribution is 0.0903. The van der Waals surface area contributed by atoms with Crippen molar-refractivity contribution >= 4 is 21.8 Å². The number of halogens is 1. The molecular formula is C12H17BrN2O. The molecule has 0 aliphatic heterocycles. The van der Waals surface area contributed by atoms with E-state index in [1.807, 2.05) is 0 Å². The number of carbonyl (C=O) groups is 1. The van der Waals surface area contributed by atoms with Gasteiger partial charge in [0.1, 0.15) is 0 Å². The number of alkyl halides is 1. The van der Waals surface area contributed by atoms with Crippen molar-refractivity contribution in [1.82, 2.24) is 10.3 Å². The molecule has 0 aliphatic rings. The van der Waals surface area contributed by atoms with Crippen molar-refractivity contribution in [3.63, 3.8) is 0 Å². The van der Waals surface area contributed by atoms with Crippen LogP contribution in [0.4, 0.5) is 0 Å². The Morgan fingerprint density at radius 2 is 1.94 bits per heavy atom. The van der Waals surface area contributed by atoms with Gasteiger partial charge in [-0.3, -0.25) is 9.78 Å². The maximum Gasteiger partial charge on any atom is 0.251 e. The van der Waals surface area contributed by atoms with E-state index in [9.17, 15) is 4.79 Å². The van der Waals surface area contributed by atoms with E-state index in [0.717, 1.165) is 18.2 Å². The van der Waals surface area contributed by atoms with Crippen LogP contribution in [0, 0.1) is 0 Å². The number of hydrogen-bond acceptors (Lipinski definition) is 2. The highest BCUT2D eigenvalue weighted by atomic mass is 79.9. The zero-order valence-electron chi connectivity index (χ0n) is 9.66. The second kappa shape index (κ2) is 5.99. The Hall–Kier alpha value is -0.900. The first-order chi connectivity index (χ1) is 7.67. The monoisotopic (exact) mass is 284 g/mol. The molecule has 1 N–H and O–H groups in total. The molecule has 0 aromatic carbocycles. The molecule has 0 fully saturated rings. The number of amides is 1. The number of hydrogen-bond donors (Lipinski definition) is 1. The van der Waals surface area contributed by atoms with E-state index in [-0.39, 0.29) is 11.4 Å². The predicted molar refractivity (Wildman–Crippen MR) is 68.8 cm³/mol. The molecule has 0 unspecified atom stereocenters. The minimum absolute atomic E-state index is 0.0365. The fourth-order valence-corrected chi connectivity index (χ4v) is 2.40. The normalized spacial score (nSPS) is 11.2. The van der Waals surface area contributed by atoms with Crippen LogP contribution in [-0.2, 0) is 0 Å². The molecule has 1 amide bonds. The van der Waals surface area contributed by atoms with Gasteiger partial charge in [-0.05, 0) is 25.0 Å². The summed E-state index contributed by atoms with van der Waals surface area (Å²) in [5.41, 5.74) is 0.502. The molecule has 3 nitrogen and oxygen atoms in total. The van der Waals surface area contributed by atoms with Crippen LogP contribution in [0.5, 0.6) is 0 Å². The zero-order chi connectivity index (χ0) is 12.0. The molecule has 1 rings (SSSR count). The van der Waals surface area contributed by atoms with Crippen molar-refractivity contribution in [3.05, 3.63) is 30.1 Å². The second-order valence-corrected chi connectivity index (χ2v) is 4.37. The minimum atomic E-state index is -0.152. The summed E-state index contributed by atoms with van der Waals surface area (Å²) < 4.78 is 0. The lowest BCUT2D eigenvalue weighted by atomic mass is 9.95. The first-order valence-corrected chi connectivity index (χ1v) is 6.58. The molecule has 4 heteroatoms. The van der Waals surface area contributed by atoms with Crippen LogP contribution in [0.25, 0.3) is 0 Å². The van der Waals surface area contributed by atoms with Gasteiger partial charge in [0.25, 0.3) is 5.91 Å². The van der Waals surface area contributed by atoms with Crippen molar-refractivity contribution in [1.29, 1.82) is 0 Å². The molecule has 0 aliphatic carbocycles. The first-order valence-electron chi connectivity index (χ1n) is 5.46. The summed E-state index contributed by atoms with van der Waals surface area (Å²) in [5.74, 6) is -0.0365. The van der Waals surface area contributed by atoms with Crippen molar-refractivity contribution < 1.29 is 4.79 Å². The Kier molecular flexibility index (Phi) is 4.93. The van der Waals surface area contributed by atoms with Gasteiger partial charge in [-0.25, -0.2) is 0 Å². The summed E-state index contributed by atoms with van der Waals surface area (Å²) in [5, 5.41) is 3.85. The van der Waals surface area contributed by atoms with Gasteiger partial charge < -0.3 is 5.32 Å². The zero-order valence-corrected chi connectivity index (χ0v) is 11.3. The van der Waals surface area contributed by atoms with E-state index in [1.165, 1.54) is 0 Å². The highest BCUT2D eigenvalue weighted by Crippen LogP contribution is 2.18. The fraction of sp³-hybridized carbons (Fsp3) is 0.500. The average molecular weight is 285 g/mol. The van der Waals surface area contributed by atoms with Gasteiger partial charge in [-0.15, -0.1) is 0 Å². The molecular weight excluding hydrogens is 268 g/mol. The molecule has 0 radical (unpaired) electrons. The summed E-state index contributed by atoms with van der Waals surface area (Å²) in [6.07, 6.45) is 5.07. The van der Waals surface area contributed by atoms with E-state index in [4.69, 9.17) is 0 Å². The summed E-state index contributed by atoms with van der Waals surface area (Å²) in [6, 6.07) is 3.44. The second-order valence-electron chi connectivity index (χ2n) is 3.81. The van der Waals surface area contributed by atoms with Gasteiger partial charge in [-0.2, -0.15) is 0 Å². The highest BCUT2D eigenvalue weighted by Gasteiger charge is 2.26. The van der Waals surface area contributed by atoms with E-state index >= 15 is 0 Å². The van der Waals surface area contributed by atoms with Crippen molar-refractivity contribution in [2.75, 3.05) is 5.33 Å². The maximum absolute atomic E-state index is 12.0. The molecule has 88 valence electrons. The van der Waals surface area contributed by atoms with Crippen LogP contribution in [0.3, 0.4) is 0 Å². The molecule has 1 aromatic rings. The first kappa shape index (κ1) is 13.2. The smallest absolute Gasteiger partial charge is 0.251 e. The third-order valence-corrected chi connectivity index (χ3v) is 4.00. The lowest BCUT2D eigenvalue weighted by Gasteiger charge is -2.30. The van der Waals surface area contributed by atoms with Gasteiger partial charge in [-0.1, -0.05) is 29.8 Å². The average Bonchev–Trinajstić information content (AvgIpc) is 2.37. The van der Waals surface area contributed by atoms with Crippen LogP contribution in [-0.4, -0.2) is 21.8 Å². The molecule has 0 saturated heterocycles. The molecule has 16 heavy (non-hydrogen) atoms. The molecule has 0 saturated carbocycles. The standard InChI is InChI=1S/C12H17BrN2O/c1-3-12(4-2,9-13)15-11(16)10-5-7-14-8-6-10/h5-8H,3-4,9H2,1-2H3,(H,15,16). The van der Waals surface area contributed by atoms with Gasteiger partial charge in [0.05, 0.1) is 0 Å². The van der Waals surface area contributed by atoms with Gasteiger partial charge in [0.2, 0.25) is 0 Å². The van der Waals surface area contributed by atoms with Crippen LogP contribution in [0.2, 0.25) is 0 Å². The SMILES string of the molecule is CCC(CC)(CBr)NC(=O)c1ccncc1. The van der Waals surface area contributed by atoms with Crippen molar-refractivity contribution in [2.45, 2.75) is 32.2 Å². The van der Waals surface area contributed by atoms with Crippen molar-refractivity contribution in [2.24, 2.45) is 0 Å². The Morgan fingerprint density at radius 3 is 2.38 bits per heavy atom. The molecule has 1 heterocycles. The largest absolute Gasteiger partial charge is 0.346 e.